The van der Waals surface area contributed by atoms with Crippen LogP contribution in [0.15, 0.2) is 22.9 Å². The van der Waals surface area contributed by atoms with Gasteiger partial charge in [0.1, 0.15) is 0 Å². The molecule has 0 saturated heterocycles. The number of aryl methyl sites for hydroxylation is 1. The van der Waals surface area contributed by atoms with Gasteiger partial charge in [-0.05, 0) is 47.4 Å². The van der Waals surface area contributed by atoms with Crippen LogP contribution in [0.4, 0.5) is 0 Å². The third kappa shape index (κ3) is 2.05. The van der Waals surface area contributed by atoms with E-state index in [1.54, 1.807) is 11.3 Å². The fraction of sp³-hybridized carbons (Fsp3) is 0.286. The van der Waals surface area contributed by atoms with Crippen molar-refractivity contribution in [2.45, 2.75) is 19.4 Å². The predicted molar refractivity (Wildman–Crippen MR) is 78.5 cm³/mol. The summed E-state index contributed by atoms with van der Waals surface area (Å²) in [6.07, 6.45) is 0.729. The Morgan fingerprint density at radius 1 is 1.30 bits per heavy atom. The molecule has 3 rings (SSSR count). The molecule has 1 atom stereocenters. The van der Waals surface area contributed by atoms with Crippen molar-refractivity contribution < 1.29 is 14.7 Å². The molecule has 104 valence electrons. The van der Waals surface area contributed by atoms with Crippen molar-refractivity contribution in [2.75, 3.05) is 6.54 Å². The van der Waals surface area contributed by atoms with Gasteiger partial charge in [-0.2, -0.15) is 0 Å². The van der Waals surface area contributed by atoms with Crippen molar-refractivity contribution in [1.82, 2.24) is 4.90 Å². The maximum Gasteiger partial charge on any atom is 0.331 e. The molecule has 1 N–H and O–H groups in total. The van der Waals surface area contributed by atoms with Gasteiger partial charge in [-0.3, -0.25) is 4.79 Å². The standard InChI is InChI=1S/C14H13NO3S2/c1-8-3-6-20-12(8)13(16)15-5-2-10-9(4-7-19-10)11(15)14(17)18/h3-4,6-7,11H,2,5H2,1H3,(H,17,18). The minimum atomic E-state index is -0.966. The maximum atomic E-state index is 12.6. The van der Waals surface area contributed by atoms with E-state index in [9.17, 15) is 14.7 Å². The van der Waals surface area contributed by atoms with Crippen LogP contribution in [0, 0.1) is 6.92 Å². The van der Waals surface area contributed by atoms with Crippen molar-refractivity contribution in [3.63, 3.8) is 0 Å². The zero-order chi connectivity index (χ0) is 14.3. The van der Waals surface area contributed by atoms with E-state index in [1.165, 1.54) is 16.2 Å². The first-order valence-corrected chi connectivity index (χ1v) is 7.99. The van der Waals surface area contributed by atoms with E-state index in [0.29, 0.717) is 11.4 Å². The number of carbonyl (C=O) groups excluding carboxylic acids is 1. The van der Waals surface area contributed by atoms with Crippen molar-refractivity contribution in [2.24, 2.45) is 0 Å². The second-order valence-corrected chi connectivity index (χ2v) is 6.64. The number of carboxylic acid groups (broad SMARTS) is 1. The number of aliphatic carboxylic acids is 1. The lowest BCUT2D eigenvalue weighted by molar-refractivity contribution is -0.142. The molecule has 1 unspecified atom stereocenters. The molecule has 1 aliphatic rings. The van der Waals surface area contributed by atoms with E-state index in [4.69, 9.17) is 0 Å². The SMILES string of the molecule is Cc1ccsc1C(=O)N1CCc2sccc2C1C(=O)O. The first-order valence-electron chi connectivity index (χ1n) is 6.23. The Balaban J connectivity index is 2.00. The van der Waals surface area contributed by atoms with E-state index < -0.39 is 12.0 Å². The molecule has 1 amide bonds. The number of hydrogen-bond donors (Lipinski definition) is 1. The van der Waals surface area contributed by atoms with Gasteiger partial charge in [-0.25, -0.2) is 4.79 Å². The summed E-state index contributed by atoms with van der Waals surface area (Å²) < 4.78 is 0. The van der Waals surface area contributed by atoms with Gasteiger partial charge in [0.25, 0.3) is 5.91 Å². The Hall–Kier alpha value is -1.66. The van der Waals surface area contributed by atoms with Gasteiger partial charge in [-0.1, -0.05) is 0 Å². The zero-order valence-electron chi connectivity index (χ0n) is 10.8. The Bertz CT molecular complexity index is 674. The first-order chi connectivity index (χ1) is 9.59. The zero-order valence-corrected chi connectivity index (χ0v) is 12.5. The molecule has 0 radical (unpaired) electrons. The average Bonchev–Trinajstić information content (AvgIpc) is 3.04. The highest BCUT2D eigenvalue weighted by Gasteiger charge is 2.37. The summed E-state index contributed by atoms with van der Waals surface area (Å²) >= 11 is 2.93. The van der Waals surface area contributed by atoms with E-state index in [1.807, 2.05) is 29.8 Å². The quantitative estimate of drug-likeness (QED) is 0.928. The minimum absolute atomic E-state index is 0.179. The van der Waals surface area contributed by atoms with Crippen LogP contribution in [0.25, 0.3) is 0 Å². The highest BCUT2D eigenvalue weighted by Crippen LogP contribution is 2.35. The van der Waals surface area contributed by atoms with Gasteiger partial charge >= 0.3 is 5.97 Å². The predicted octanol–water partition coefficient (Wildman–Crippen LogP) is 2.94. The molecule has 0 aromatic carbocycles. The Labute approximate surface area is 124 Å². The third-order valence-corrected chi connectivity index (χ3v) is 5.52. The third-order valence-electron chi connectivity index (χ3n) is 3.52. The number of carbonyl (C=O) groups is 2. The second-order valence-electron chi connectivity index (χ2n) is 4.72. The van der Waals surface area contributed by atoms with Crippen LogP contribution in [0.3, 0.4) is 0 Å². The fourth-order valence-electron chi connectivity index (χ4n) is 2.52. The van der Waals surface area contributed by atoms with E-state index in [-0.39, 0.29) is 5.91 Å². The van der Waals surface area contributed by atoms with Crippen molar-refractivity contribution >= 4 is 34.6 Å². The van der Waals surface area contributed by atoms with Gasteiger partial charge in [0.05, 0.1) is 4.88 Å². The van der Waals surface area contributed by atoms with E-state index in [2.05, 4.69) is 0 Å². The molecule has 0 saturated carbocycles. The largest absolute Gasteiger partial charge is 0.479 e. The molecule has 0 spiro atoms. The molecular formula is C14H13NO3S2. The first kappa shape index (κ1) is 13.3. The second kappa shape index (κ2) is 5.03. The summed E-state index contributed by atoms with van der Waals surface area (Å²) in [6, 6.07) is 2.84. The number of fused-ring (bicyclic) bond motifs is 1. The van der Waals surface area contributed by atoms with Gasteiger partial charge < -0.3 is 10.0 Å². The molecule has 20 heavy (non-hydrogen) atoms. The number of nitrogens with zero attached hydrogens (tertiary/aromatic N) is 1. The van der Waals surface area contributed by atoms with Crippen LogP contribution < -0.4 is 0 Å². The average molecular weight is 307 g/mol. The Morgan fingerprint density at radius 2 is 2.05 bits per heavy atom. The summed E-state index contributed by atoms with van der Waals surface area (Å²) in [5, 5.41) is 13.3. The maximum absolute atomic E-state index is 12.6. The van der Waals surface area contributed by atoms with Crippen molar-refractivity contribution in [1.29, 1.82) is 0 Å². The summed E-state index contributed by atoms with van der Waals surface area (Å²) in [5.74, 6) is -1.14. The number of carboxylic acids is 1. The van der Waals surface area contributed by atoms with Gasteiger partial charge in [0, 0.05) is 11.4 Å². The lowest BCUT2D eigenvalue weighted by Gasteiger charge is -2.33. The topological polar surface area (TPSA) is 57.6 Å². The van der Waals surface area contributed by atoms with Gasteiger partial charge in [-0.15, -0.1) is 22.7 Å². The normalized spacial score (nSPS) is 17.9. The molecule has 1 aliphatic heterocycles. The number of amides is 1. The molecule has 0 aliphatic carbocycles. The molecule has 0 fully saturated rings. The van der Waals surface area contributed by atoms with Crippen LogP contribution in [0.1, 0.15) is 31.7 Å². The number of rotatable bonds is 2. The molecule has 6 heteroatoms. The highest BCUT2D eigenvalue weighted by molar-refractivity contribution is 7.12. The molecule has 2 aromatic rings. The summed E-state index contributed by atoms with van der Waals surface area (Å²) in [4.78, 5) is 27.4. The lowest BCUT2D eigenvalue weighted by atomic mass is 9.99. The highest BCUT2D eigenvalue weighted by atomic mass is 32.1. The van der Waals surface area contributed by atoms with Crippen LogP contribution >= 0.6 is 22.7 Å². The minimum Gasteiger partial charge on any atom is -0.479 e. The molecule has 0 bridgehead atoms. The fourth-order valence-corrected chi connectivity index (χ4v) is 4.31. The van der Waals surface area contributed by atoms with Crippen LogP contribution in [0.2, 0.25) is 0 Å². The Kier molecular flexibility index (Phi) is 3.35. The van der Waals surface area contributed by atoms with Crippen LogP contribution in [-0.4, -0.2) is 28.4 Å². The monoisotopic (exact) mass is 307 g/mol. The molecule has 3 heterocycles. The van der Waals surface area contributed by atoms with Crippen molar-refractivity contribution in [3.05, 3.63) is 43.8 Å². The summed E-state index contributed by atoms with van der Waals surface area (Å²) in [6.45, 7) is 2.33. The molecule has 2 aromatic heterocycles. The van der Waals surface area contributed by atoms with Crippen molar-refractivity contribution in [3.8, 4) is 0 Å². The summed E-state index contributed by atoms with van der Waals surface area (Å²) in [7, 11) is 0. The lowest BCUT2D eigenvalue weighted by Crippen LogP contribution is -2.43. The molecular weight excluding hydrogens is 294 g/mol. The smallest absolute Gasteiger partial charge is 0.331 e. The van der Waals surface area contributed by atoms with E-state index >= 15 is 0 Å². The Morgan fingerprint density at radius 3 is 2.70 bits per heavy atom. The number of thiophene rings is 2. The van der Waals surface area contributed by atoms with Crippen LogP contribution in [-0.2, 0) is 11.2 Å². The van der Waals surface area contributed by atoms with Gasteiger partial charge in [0.15, 0.2) is 6.04 Å². The number of hydrogen-bond acceptors (Lipinski definition) is 4. The van der Waals surface area contributed by atoms with Gasteiger partial charge in [0.2, 0.25) is 0 Å². The molecule has 4 nitrogen and oxygen atoms in total. The van der Waals surface area contributed by atoms with Crippen LogP contribution in [0.5, 0.6) is 0 Å². The summed E-state index contributed by atoms with van der Waals surface area (Å²) in [5.41, 5.74) is 1.66. The van der Waals surface area contributed by atoms with E-state index in [0.717, 1.165) is 22.4 Å².